The van der Waals surface area contributed by atoms with Crippen molar-refractivity contribution in [3.05, 3.63) is 113 Å². The van der Waals surface area contributed by atoms with Gasteiger partial charge in [0, 0.05) is 28.9 Å². The molecule has 0 saturated carbocycles. The second-order valence-electron chi connectivity index (χ2n) is 12.1. The fourth-order valence-electron chi connectivity index (χ4n) is 5.21. The van der Waals surface area contributed by atoms with E-state index >= 15 is 0 Å². The van der Waals surface area contributed by atoms with Crippen molar-refractivity contribution in [3.63, 3.8) is 0 Å². The van der Waals surface area contributed by atoms with Crippen LogP contribution in [0.15, 0.2) is 149 Å². The summed E-state index contributed by atoms with van der Waals surface area (Å²) in [7, 11) is -14.9. The van der Waals surface area contributed by atoms with Gasteiger partial charge in [-0.3, -0.25) is 19.4 Å². The van der Waals surface area contributed by atoms with Crippen molar-refractivity contribution in [1.29, 1.82) is 0 Å². The minimum Gasteiger partial charge on any atom is -0.870 e. The molecule has 0 atom stereocenters. The zero-order chi connectivity index (χ0) is 42.9. The van der Waals surface area contributed by atoms with E-state index in [2.05, 4.69) is 35.4 Å². The van der Waals surface area contributed by atoms with E-state index in [9.17, 15) is 49.6 Å². The molecule has 0 amide bonds. The molecule has 8 N–H and O–H groups in total. The summed E-state index contributed by atoms with van der Waals surface area (Å²) in [6, 6.07) is 20.8. The van der Waals surface area contributed by atoms with E-state index < -0.39 is 78.6 Å². The zero-order valence-corrected chi connectivity index (χ0v) is 33.9. The average Bonchev–Trinajstić information content (AvgIpc) is 3.16. The number of fused-ring (bicyclic) bond motifs is 1. The van der Waals surface area contributed by atoms with E-state index in [1.807, 2.05) is 0 Å². The van der Waals surface area contributed by atoms with Gasteiger partial charge in [0.2, 0.25) is 0 Å². The van der Waals surface area contributed by atoms with Crippen molar-refractivity contribution in [3.8, 4) is 5.75 Å². The Balaban J connectivity index is 0.00000410. The molecular formula is C34H25Li2N11O11S3. The minimum absolute atomic E-state index is 0. The fourth-order valence-corrected chi connectivity index (χ4v) is 7.59. The normalized spacial score (nSPS) is 12.1. The second kappa shape index (κ2) is 18.6. The van der Waals surface area contributed by atoms with Gasteiger partial charge in [-0.25, -0.2) is 16.8 Å². The van der Waals surface area contributed by atoms with Crippen LogP contribution in [0.25, 0.3) is 10.8 Å². The summed E-state index contributed by atoms with van der Waals surface area (Å²) in [6.07, 6.45) is 0. The molecule has 0 unspecified atom stereocenters. The van der Waals surface area contributed by atoms with Crippen LogP contribution in [-0.2, 0) is 30.3 Å². The predicted molar refractivity (Wildman–Crippen MR) is 210 cm³/mol. The number of azo groups is 3. The monoisotopic (exact) mass is 873 g/mol. The van der Waals surface area contributed by atoms with Gasteiger partial charge in [0.1, 0.15) is 26.4 Å². The number of sulfonamides is 1. The number of anilines is 4. The van der Waals surface area contributed by atoms with Crippen molar-refractivity contribution in [2.24, 2.45) is 30.7 Å². The number of hydrogen-bond donors (Lipinski definition) is 5. The van der Waals surface area contributed by atoms with Crippen LogP contribution in [0.1, 0.15) is 0 Å². The molecule has 0 radical (unpaired) electrons. The molecule has 22 nitrogen and oxygen atoms in total. The van der Waals surface area contributed by atoms with Crippen molar-refractivity contribution < 1.29 is 82.1 Å². The molecule has 6 rings (SSSR count). The number of nitrogens with zero attached hydrogens (tertiary/aromatic N) is 7. The maximum atomic E-state index is 13.8. The van der Waals surface area contributed by atoms with E-state index in [0.717, 1.165) is 36.4 Å². The number of hydrogen-bond acceptors (Lipinski definition) is 19. The van der Waals surface area contributed by atoms with Crippen LogP contribution in [0.4, 0.5) is 62.6 Å². The molecule has 61 heavy (non-hydrogen) atoms. The number of rotatable bonds is 12. The molecule has 27 heteroatoms. The van der Waals surface area contributed by atoms with Crippen molar-refractivity contribution in [2.75, 3.05) is 21.9 Å². The average molecular weight is 874 g/mol. The van der Waals surface area contributed by atoms with Crippen LogP contribution in [0.3, 0.4) is 0 Å². The van der Waals surface area contributed by atoms with Gasteiger partial charge in [0.15, 0.2) is 0 Å². The SMILES string of the molecule is Nc1ccc(N=Nc2ccc(NS(=O)(=O)c3ccc(N=Nc4c(S(=O)(=O)O)cc5cc(S(=O)(=O)[O-])c(N=Nc6ccc([N+](=O)[O-])cc6)c(N)c5c4[O-])cc3)cc2)c(N)c1.[Li+].[Li+]. The van der Waals surface area contributed by atoms with Crippen LogP contribution in [0.2, 0.25) is 0 Å². The number of benzene rings is 6. The molecule has 0 aliphatic heterocycles. The van der Waals surface area contributed by atoms with Crippen molar-refractivity contribution in [2.45, 2.75) is 14.7 Å². The van der Waals surface area contributed by atoms with Crippen LogP contribution in [0, 0.1) is 10.1 Å². The van der Waals surface area contributed by atoms with Crippen molar-refractivity contribution in [1.82, 2.24) is 0 Å². The first kappa shape index (κ1) is 47.4. The van der Waals surface area contributed by atoms with Gasteiger partial charge in [-0.2, -0.15) is 23.8 Å². The van der Waals surface area contributed by atoms with Crippen LogP contribution < -0.4 is 64.8 Å². The zero-order valence-electron chi connectivity index (χ0n) is 31.4. The molecule has 0 aliphatic rings. The molecule has 0 aromatic heterocycles. The second-order valence-corrected chi connectivity index (χ2v) is 16.5. The summed E-state index contributed by atoms with van der Waals surface area (Å²) >= 11 is 0. The topological polar surface area (TPSA) is 376 Å². The first-order valence-electron chi connectivity index (χ1n) is 16.1. The molecule has 0 fully saturated rings. The molecule has 0 spiro atoms. The van der Waals surface area contributed by atoms with Crippen LogP contribution >= 0.6 is 0 Å². The van der Waals surface area contributed by atoms with E-state index in [-0.39, 0.29) is 65.4 Å². The van der Waals surface area contributed by atoms with Crippen LogP contribution in [0.5, 0.6) is 5.75 Å². The quantitative estimate of drug-likeness (QED) is 0.0283. The van der Waals surface area contributed by atoms with Gasteiger partial charge >= 0.3 is 37.7 Å². The molecule has 0 bridgehead atoms. The number of nitro benzene ring substituents is 1. The number of nitrogens with two attached hydrogens (primary N) is 3. The fraction of sp³-hybridized carbons (Fsp3) is 0. The third-order valence-corrected chi connectivity index (χ3v) is 11.1. The largest absolute Gasteiger partial charge is 1.00 e. The molecule has 302 valence electrons. The Morgan fingerprint density at radius 2 is 1.15 bits per heavy atom. The van der Waals surface area contributed by atoms with Gasteiger partial charge in [0.05, 0.1) is 48.8 Å². The van der Waals surface area contributed by atoms with E-state index in [0.29, 0.717) is 34.9 Å². The van der Waals surface area contributed by atoms with Gasteiger partial charge in [-0.1, -0.05) is 5.75 Å². The Kier molecular flexibility index (Phi) is 14.4. The third-order valence-electron chi connectivity index (χ3n) is 8.03. The molecular weight excluding hydrogens is 849 g/mol. The smallest absolute Gasteiger partial charge is 0.870 e. The van der Waals surface area contributed by atoms with E-state index in [1.165, 1.54) is 42.5 Å². The first-order valence-corrected chi connectivity index (χ1v) is 20.5. The Labute approximate surface area is 369 Å². The number of non-ortho nitro benzene ring substituents is 1. The molecule has 0 heterocycles. The summed E-state index contributed by atoms with van der Waals surface area (Å²) in [5.74, 6) is -1.30. The molecule has 6 aromatic rings. The maximum absolute atomic E-state index is 13.8. The van der Waals surface area contributed by atoms with Crippen LogP contribution in [-0.4, -0.2) is 39.3 Å². The minimum atomic E-state index is -5.42. The molecule has 6 aromatic carbocycles. The summed E-state index contributed by atoms with van der Waals surface area (Å²) in [6.45, 7) is 0. The molecule has 0 aliphatic carbocycles. The Morgan fingerprint density at radius 1 is 0.639 bits per heavy atom. The molecule has 0 saturated heterocycles. The number of nitrogen functional groups attached to an aromatic ring is 3. The summed E-state index contributed by atoms with van der Waals surface area (Å²) in [5.41, 5.74) is 16.4. The number of nitro groups is 1. The summed E-state index contributed by atoms with van der Waals surface area (Å²) in [5, 5.41) is 46.7. The van der Waals surface area contributed by atoms with Gasteiger partial charge in [-0.05, 0) is 96.4 Å². The Bertz CT molecular complexity index is 3100. The third kappa shape index (κ3) is 10.9. The Hall–Kier alpha value is -6.26. The predicted octanol–water partition coefficient (Wildman–Crippen LogP) is 0.774. The summed E-state index contributed by atoms with van der Waals surface area (Å²) in [4.78, 5) is 7.78. The van der Waals surface area contributed by atoms with E-state index in [1.54, 1.807) is 12.1 Å². The van der Waals surface area contributed by atoms with Crippen molar-refractivity contribution >= 4 is 104 Å². The van der Waals surface area contributed by atoms with Gasteiger partial charge < -0.3 is 26.9 Å². The number of nitrogens with one attached hydrogen (secondary N) is 1. The maximum Gasteiger partial charge on any atom is 1.00 e. The Morgan fingerprint density at radius 3 is 1.67 bits per heavy atom. The van der Waals surface area contributed by atoms with E-state index in [4.69, 9.17) is 17.2 Å². The standard InChI is InChI=1S/C34H27N11O11S3.2Li/c35-19-1-14-27(26(36)17-19)41-38-20-2-4-23(5-3-20)44-57(49,50)25-12-8-22(9-13-25)40-43-33-29(59(54,55)56)16-18-15-28(58(51,52)53)32(31(37)30(18)34(33)46)42-39-21-6-10-24(11-7-21)45(47)48;;/h1-17,44,46H,35-37H2,(H,51,52,53)(H,54,55,56);;/q;2*+1/p-2. The summed E-state index contributed by atoms with van der Waals surface area (Å²) < 4.78 is 100. The van der Waals surface area contributed by atoms with Gasteiger partial charge in [-0.15, -0.1) is 15.3 Å². The first-order chi connectivity index (χ1) is 27.7. The van der Waals surface area contributed by atoms with Gasteiger partial charge in [0.25, 0.3) is 25.8 Å².